The van der Waals surface area contributed by atoms with Gasteiger partial charge in [0.15, 0.2) is 0 Å². The van der Waals surface area contributed by atoms with E-state index in [1.54, 1.807) is 0 Å². The second-order valence-corrected chi connectivity index (χ2v) is 8.84. The minimum absolute atomic E-state index is 0.100. The van der Waals surface area contributed by atoms with E-state index in [-0.39, 0.29) is 19.8 Å². The van der Waals surface area contributed by atoms with Crippen LogP contribution in [0.1, 0.15) is 16.7 Å². The number of ether oxygens (including phenoxy) is 4. The molecule has 34 heavy (non-hydrogen) atoms. The Hall–Kier alpha value is -2.61. The number of rotatable bonds is 10. The summed E-state index contributed by atoms with van der Waals surface area (Å²) in [6.07, 6.45) is -4.30. The van der Waals surface area contributed by atoms with Crippen LogP contribution in [0.5, 0.6) is 0 Å². The van der Waals surface area contributed by atoms with Crippen molar-refractivity contribution in [2.75, 3.05) is 6.61 Å². The molecule has 5 rings (SSSR count). The lowest BCUT2D eigenvalue weighted by Gasteiger charge is -2.37. The second kappa shape index (κ2) is 10.3. The molecule has 6 atom stereocenters. The third kappa shape index (κ3) is 4.78. The van der Waals surface area contributed by atoms with Gasteiger partial charge in [0.25, 0.3) is 0 Å². The zero-order chi connectivity index (χ0) is 23.4. The number of hydrogen-bond acceptors (Lipinski definition) is 5. The summed E-state index contributed by atoms with van der Waals surface area (Å²) in [5, 5.41) is 11.0. The van der Waals surface area contributed by atoms with Gasteiger partial charge in [-0.3, -0.25) is 0 Å². The van der Waals surface area contributed by atoms with E-state index in [1.165, 1.54) is 0 Å². The lowest BCUT2D eigenvalue weighted by Crippen LogP contribution is -2.51. The van der Waals surface area contributed by atoms with Gasteiger partial charge in [0, 0.05) is 0 Å². The maximum absolute atomic E-state index is 15.2. The molecule has 2 fully saturated rings. The van der Waals surface area contributed by atoms with Crippen molar-refractivity contribution < 1.29 is 28.4 Å². The van der Waals surface area contributed by atoms with Crippen molar-refractivity contribution >= 4 is 0 Å². The first-order valence-corrected chi connectivity index (χ1v) is 11.6. The highest BCUT2D eigenvalue weighted by molar-refractivity contribution is 5.25. The third-order valence-electron chi connectivity index (χ3n) is 6.62. The highest BCUT2D eigenvalue weighted by Crippen LogP contribution is 2.58. The molecule has 0 radical (unpaired) electrons. The molecule has 1 N–H and O–H groups in total. The molecule has 178 valence electrons. The molecule has 0 amide bonds. The summed E-state index contributed by atoms with van der Waals surface area (Å²) in [4.78, 5) is 0. The van der Waals surface area contributed by atoms with E-state index < -0.39 is 36.2 Å². The Morgan fingerprint density at radius 1 is 0.765 bits per heavy atom. The average molecular weight is 465 g/mol. The smallest absolute Gasteiger partial charge is 0.226 e. The van der Waals surface area contributed by atoms with Gasteiger partial charge < -0.3 is 24.1 Å². The lowest BCUT2D eigenvalue weighted by molar-refractivity contribution is -0.256. The summed E-state index contributed by atoms with van der Waals surface area (Å²) >= 11 is 0. The molecule has 3 aromatic carbocycles. The molecule has 6 heteroatoms. The molecule has 4 unspecified atom stereocenters. The van der Waals surface area contributed by atoms with E-state index in [2.05, 4.69) is 0 Å². The first kappa shape index (κ1) is 23.1. The van der Waals surface area contributed by atoms with Crippen LogP contribution in [-0.2, 0) is 38.8 Å². The molecule has 2 aliphatic rings. The van der Waals surface area contributed by atoms with E-state index >= 15 is 4.39 Å². The van der Waals surface area contributed by atoms with Crippen molar-refractivity contribution in [1.82, 2.24) is 0 Å². The molecular formula is C28H29FO5. The van der Waals surface area contributed by atoms with Crippen LogP contribution in [0.2, 0.25) is 0 Å². The predicted octanol–water partition coefficient (Wildman–Crippen LogP) is 4.43. The van der Waals surface area contributed by atoms with E-state index in [0.29, 0.717) is 6.61 Å². The van der Waals surface area contributed by atoms with Crippen LogP contribution in [0, 0.1) is 5.92 Å². The van der Waals surface area contributed by atoms with Gasteiger partial charge in [-0.1, -0.05) is 91.0 Å². The highest BCUT2D eigenvalue weighted by atomic mass is 19.1. The lowest BCUT2D eigenvalue weighted by atomic mass is 10.0. The molecular weight excluding hydrogens is 435 g/mol. The molecule has 0 bridgehead atoms. The molecule has 1 heterocycles. The maximum Gasteiger partial charge on any atom is 0.226 e. The largest absolute Gasteiger partial charge is 0.389 e. The normalized spacial score (nSPS) is 30.0. The Bertz CT molecular complexity index is 1030. The van der Waals surface area contributed by atoms with Crippen LogP contribution in [0.25, 0.3) is 0 Å². The summed E-state index contributed by atoms with van der Waals surface area (Å²) in [7, 11) is 0. The highest BCUT2D eigenvalue weighted by Gasteiger charge is 2.77. The van der Waals surface area contributed by atoms with Crippen LogP contribution in [0.4, 0.5) is 4.39 Å². The topological polar surface area (TPSA) is 57.2 Å². The number of hydrogen-bond donors (Lipinski definition) is 1. The second-order valence-electron chi connectivity index (χ2n) is 8.84. The number of benzene rings is 3. The van der Waals surface area contributed by atoms with Crippen LogP contribution < -0.4 is 0 Å². The van der Waals surface area contributed by atoms with Crippen molar-refractivity contribution in [2.45, 2.75) is 50.1 Å². The van der Waals surface area contributed by atoms with Crippen LogP contribution in [0.3, 0.4) is 0 Å². The number of aliphatic hydroxyl groups is 1. The summed E-state index contributed by atoms with van der Waals surface area (Å²) in [6.45, 7) is 0.960. The van der Waals surface area contributed by atoms with Gasteiger partial charge in [-0.2, -0.15) is 0 Å². The van der Waals surface area contributed by atoms with Crippen molar-refractivity contribution in [2.24, 2.45) is 5.92 Å². The van der Waals surface area contributed by atoms with Gasteiger partial charge in [-0.05, 0) is 16.7 Å². The van der Waals surface area contributed by atoms with Crippen LogP contribution >= 0.6 is 0 Å². The van der Waals surface area contributed by atoms with Gasteiger partial charge in [0.2, 0.25) is 6.36 Å². The minimum atomic E-state index is -1.69. The Balaban J connectivity index is 1.30. The predicted molar refractivity (Wildman–Crippen MR) is 124 cm³/mol. The molecule has 1 saturated heterocycles. The molecule has 0 aromatic heterocycles. The maximum atomic E-state index is 15.2. The summed E-state index contributed by atoms with van der Waals surface area (Å²) in [6, 6.07) is 29.0. The molecule has 1 aliphatic carbocycles. The van der Waals surface area contributed by atoms with Crippen molar-refractivity contribution in [3.05, 3.63) is 108 Å². The quantitative estimate of drug-likeness (QED) is 0.481. The fraction of sp³-hybridized carbons (Fsp3) is 0.357. The zero-order valence-corrected chi connectivity index (χ0v) is 18.8. The van der Waals surface area contributed by atoms with E-state index in [1.807, 2.05) is 91.0 Å². The van der Waals surface area contributed by atoms with Crippen molar-refractivity contribution in [1.29, 1.82) is 0 Å². The van der Waals surface area contributed by atoms with Crippen molar-refractivity contribution in [3.8, 4) is 0 Å². The van der Waals surface area contributed by atoms with E-state index in [9.17, 15) is 5.11 Å². The third-order valence-corrected chi connectivity index (χ3v) is 6.62. The van der Waals surface area contributed by atoms with Gasteiger partial charge >= 0.3 is 0 Å². The van der Waals surface area contributed by atoms with Gasteiger partial charge in [-0.15, -0.1) is 0 Å². The van der Waals surface area contributed by atoms with E-state index in [4.69, 9.17) is 18.9 Å². The Morgan fingerprint density at radius 2 is 1.29 bits per heavy atom. The number of aliphatic hydroxyl groups excluding tert-OH is 1. The fourth-order valence-electron chi connectivity index (χ4n) is 4.77. The number of alkyl halides is 1. The van der Waals surface area contributed by atoms with Gasteiger partial charge in [-0.25, -0.2) is 4.39 Å². The Kier molecular flexibility index (Phi) is 7.04. The number of fused-ring (bicyclic) bond motifs is 1. The summed E-state index contributed by atoms with van der Waals surface area (Å²) < 4.78 is 39.0. The average Bonchev–Trinajstić information content (AvgIpc) is 3.49. The minimum Gasteiger partial charge on any atom is -0.389 e. The van der Waals surface area contributed by atoms with Crippen molar-refractivity contribution in [3.63, 3.8) is 0 Å². The van der Waals surface area contributed by atoms with Crippen LogP contribution in [0.15, 0.2) is 91.0 Å². The fourth-order valence-corrected chi connectivity index (χ4v) is 4.77. The number of halogens is 1. The molecule has 3 aromatic rings. The Morgan fingerprint density at radius 3 is 1.88 bits per heavy atom. The summed E-state index contributed by atoms with van der Waals surface area (Å²) in [5.41, 5.74) is 1.80. The molecule has 0 spiro atoms. The molecule has 1 aliphatic heterocycles. The summed E-state index contributed by atoms with van der Waals surface area (Å²) in [5.74, 6) is -0.547. The molecule has 1 saturated carbocycles. The zero-order valence-electron chi connectivity index (χ0n) is 18.8. The standard InChI is InChI=1S/C28H29FO5/c29-27-25(32-17-21-12-6-2-7-13-21)24-26(30)28(24,33-18-22-14-8-3-9-15-22)23(34-27)19-31-16-20-10-4-1-5-11-20/h1-15,23-27,30H,16-19H2/t23?,24-,25?,26?,27-,28?/m0/s1. The van der Waals surface area contributed by atoms with E-state index in [0.717, 1.165) is 16.7 Å². The monoisotopic (exact) mass is 464 g/mol. The first-order valence-electron chi connectivity index (χ1n) is 11.6. The SMILES string of the molecule is OC1[C@@H]2C(OCc3ccccc3)[C@@H](F)OC(COCc3ccccc3)C12OCc1ccccc1. The van der Waals surface area contributed by atoms with Gasteiger partial charge in [0.1, 0.15) is 17.8 Å². The Labute approximate surface area is 199 Å². The molecule has 5 nitrogen and oxygen atoms in total. The van der Waals surface area contributed by atoms with Crippen LogP contribution in [-0.4, -0.2) is 42.0 Å². The van der Waals surface area contributed by atoms with Gasteiger partial charge in [0.05, 0.1) is 38.4 Å². The first-order chi connectivity index (χ1) is 16.7.